The first kappa shape index (κ1) is 12.1. The van der Waals surface area contributed by atoms with Crippen molar-refractivity contribution in [1.82, 2.24) is 4.90 Å². The lowest BCUT2D eigenvalue weighted by Crippen LogP contribution is -2.29. The number of hydrogen-bond donors (Lipinski definition) is 0. The van der Waals surface area contributed by atoms with Crippen LogP contribution in [0.25, 0.3) is 0 Å². The standard InChI is InChI=1S/C13H17BrFN/c1-10-7-12(14)13(15)8-11(10)9-16-5-3-2-4-6-16/h7-8H,2-6,9H2,1H3. The summed E-state index contributed by atoms with van der Waals surface area (Å²) in [4.78, 5) is 2.42. The number of nitrogens with zero attached hydrogens (tertiary/aromatic N) is 1. The van der Waals surface area contributed by atoms with Crippen molar-refractivity contribution in [2.24, 2.45) is 0 Å². The monoisotopic (exact) mass is 285 g/mol. The molecule has 1 nitrogen and oxygen atoms in total. The van der Waals surface area contributed by atoms with Crippen molar-refractivity contribution in [2.75, 3.05) is 13.1 Å². The molecule has 0 amide bonds. The second kappa shape index (κ2) is 5.28. The molecule has 3 heteroatoms. The van der Waals surface area contributed by atoms with E-state index in [0.717, 1.165) is 25.2 Å². The first-order valence-corrected chi connectivity index (χ1v) is 6.63. The fourth-order valence-corrected chi connectivity index (χ4v) is 2.67. The second-order valence-electron chi connectivity index (χ2n) is 4.53. The van der Waals surface area contributed by atoms with Crippen molar-refractivity contribution in [2.45, 2.75) is 32.7 Å². The summed E-state index contributed by atoms with van der Waals surface area (Å²) in [7, 11) is 0. The van der Waals surface area contributed by atoms with Gasteiger partial charge in [-0.2, -0.15) is 0 Å². The number of rotatable bonds is 2. The van der Waals surface area contributed by atoms with Crippen LogP contribution in [0.1, 0.15) is 30.4 Å². The van der Waals surface area contributed by atoms with Gasteiger partial charge in [-0.25, -0.2) is 4.39 Å². The minimum absolute atomic E-state index is 0.155. The normalized spacial score (nSPS) is 17.7. The van der Waals surface area contributed by atoms with Crippen LogP contribution in [0.2, 0.25) is 0 Å². The quantitative estimate of drug-likeness (QED) is 0.797. The van der Waals surface area contributed by atoms with Crippen molar-refractivity contribution < 1.29 is 4.39 Å². The maximum atomic E-state index is 13.4. The van der Waals surface area contributed by atoms with Crippen LogP contribution in [0.4, 0.5) is 4.39 Å². The molecule has 1 aliphatic rings. The van der Waals surface area contributed by atoms with E-state index < -0.39 is 0 Å². The van der Waals surface area contributed by atoms with Crippen LogP contribution in [0, 0.1) is 12.7 Å². The van der Waals surface area contributed by atoms with Gasteiger partial charge in [0.05, 0.1) is 4.47 Å². The SMILES string of the molecule is Cc1cc(Br)c(F)cc1CN1CCCCC1. The molecule has 0 aliphatic carbocycles. The highest BCUT2D eigenvalue weighted by Gasteiger charge is 2.13. The van der Waals surface area contributed by atoms with Crippen molar-refractivity contribution in [3.8, 4) is 0 Å². The van der Waals surface area contributed by atoms with Crippen LogP contribution in [-0.2, 0) is 6.54 Å². The van der Waals surface area contributed by atoms with Gasteiger partial charge in [0.25, 0.3) is 0 Å². The minimum Gasteiger partial charge on any atom is -0.299 e. The van der Waals surface area contributed by atoms with E-state index in [-0.39, 0.29) is 5.82 Å². The van der Waals surface area contributed by atoms with E-state index in [1.165, 1.54) is 24.8 Å². The minimum atomic E-state index is -0.155. The topological polar surface area (TPSA) is 3.24 Å². The van der Waals surface area contributed by atoms with Crippen molar-refractivity contribution >= 4 is 15.9 Å². The van der Waals surface area contributed by atoms with E-state index in [9.17, 15) is 4.39 Å². The molecule has 1 aromatic carbocycles. The zero-order valence-electron chi connectivity index (χ0n) is 9.60. The highest BCUT2D eigenvalue weighted by molar-refractivity contribution is 9.10. The smallest absolute Gasteiger partial charge is 0.137 e. The summed E-state index contributed by atoms with van der Waals surface area (Å²) in [6, 6.07) is 3.53. The Bertz CT molecular complexity index is 372. The van der Waals surface area contributed by atoms with Gasteiger partial charge in [-0.15, -0.1) is 0 Å². The van der Waals surface area contributed by atoms with Crippen LogP contribution in [-0.4, -0.2) is 18.0 Å². The average Bonchev–Trinajstić information content (AvgIpc) is 2.27. The lowest BCUT2D eigenvalue weighted by Gasteiger charge is -2.27. The fraction of sp³-hybridized carbons (Fsp3) is 0.538. The summed E-state index contributed by atoms with van der Waals surface area (Å²) in [6.45, 7) is 5.23. The summed E-state index contributed by atoms with van der Waals surface area (Å²) < 4.78 is 14.0. The zero-order chi connectivity index (χ0) is 11.5. The Balaban J connectivity index is 2.11. The Kier molecular flexibility index (Phi) is 3.98. The van der Waals surface area contributed by atoms with Gasteiger partial charge in [0.15, 0.2) is 0 Å². The maximum absolute atomic E-state index is 13.4. The molecule has 1 aromatic rings. The molecule has 1 fully saturated rings. The number of piperidine rings is 1. The molecule has 1 aliphatic heterocycles. The van der Waals surface area contributed by atoms with Crippen LogP contribution in [0.5, 0.6) is 0 Å². The highest BCUT2D eigenvalue weighted by Crippen LogP contribution is 2.22. The van der Waals surface area contributed by atoms with E-state index in [2.05, 4.69) is 20.8 Å². The third kappa shape index (κ3) is 2.83. The van der Waals surface area contributed by atoms with Crippen molar-refractivity contribution in [3.63, 3.8) is 0 Å². The lowest BCUT2D eigenvalue weighted by molar-refractivity contribution is 0.220. The summed E-state index contributed by atoms with van der Waals surface area (Å²) in [5.41, 5.74) is 2.28. The van der Waals surface area contributed by atoms with Gasteiger partial charge in [-0.1, -0.05) is 6.42 Å². The molecule has 0 unspecified atom stereocenters. The van der Waals surface area contributed by atoms with E-state index >= 15 is 0 Å². The first-order chi connectivity index (χ1) is 7.66. The lowest BCUT2D eigenvalue weighted by atomic mass is 10.1. The summed E-state index contributed by atoms with van der Waals surface area (Å²) in [5, 5.41) is 0. The molecule has 1 heterocycles. The van der Waals surface area contributed by atoms with Crippen molar-refractivity contribution in [1.29, 1.82) is 0 Å². The van der Waals surface area contributed by atoms with Crippen LogP contribution in [0.3, 0.4) is 0 Å². The van der Waals surface area contributed by atoms with Crippen LogP contribution >= 0.6 is 15.9 Å². The number of hydrogen-bond acceptors (Lipinski definition) is 1. The van der Waals surface area contributed by atoms with E-state index in [0.29, 0.717) is 4.47 Å². The Hall–Kier alpha value is -0.410. The predicted molar refractivity (Wildman–Crippen MR) is 68.0 cm³/mol. The van der Waals surface area contributed by atoms with Gasteiger partial charge in [-0.3, -0.25) is 4.90 Å². The van der Waals surface area contributed by atoms with Gasteiger partial charge < -0.3 is 0 Å². The number of halogens is 2. The second-order valence-corrected chi connectivity index (χ2v) is 5.38. The molecule has 2 rings (SSSR count). The number of aryl methyl sites for hydroxylation is 1. The molecule has 0 saturated carbocycles. The molecule has 0 atom stereocenters. The van der Waals surface area contributed by atoms with E-state index in [4.69, 9.17) is 0 Å². The van der Waals surface area contributed by atoms with Gasteiger partial charge in [0.1, 0.15) is 5.82 Å². The molecule has 0 aromatic heterocycles. The predicted octanol–water partition coefficient (Wildman–Crippen LogP) is 3.88. The molecule has 0 spiro atoms. The van der Waals surface area contributed by atoms with Crippen molar-refractivity contribution in [3.05, 3.63) is 33.5 Å². The summed E-state index contributed by atoms with van der Waals surface area (Å²) in [5.74, 6) is -0.155. The van der Waals surface area contributed by atoms with Gasteiger partial charge >= 0.3 is 0 Å². The Morgan fingerprint density at radius 3 is 2.62 bits per heavy atom. The maximum Gasteiger partial charge on any atom is 0.137 e. The van der Waals surface area contributed by atoms with E-state index in [1.807, 2.05) is 13.0 Å². The van der Waals surface area contributed by atoms with Crippen LogP contribution in [0.15, 0.2) is 16.6 Å². The molecular weight excluding hydrogens is 269 g/mol. The third-order valence-corrected chi connectivity index (χ3v) is 3.83. The average molecular weight is 286 g/mol. The molecule has 0 bridgehead atoms. The first-order valence-electron chi connectivity index (χ1n) is 5.83. The third-order valence-electron chi connectivity index (χ3n) is 3.22. The number of benzene rings is 1. The van der Waals surface area contributed by atoms with Gasteiger partial charge in [-0.05, 0) is 72.0 Å². The Morgan fingerprint density at radius 1 is 1.25 bits per heavy atom. The largest absolute Gasteiger partial charge is 0.299 e. The molecule has 1 saturated heterocycles. The molecular formula is C13H17BrFN. The van der Waals surface area contributed by atoms with Gasteiger partial charge in [0.2, 0.25) is 0 Å². The van der Waals surface area contributed by atoms with E-state index in [1.54, 1.807) is 6.07 Å². The Labute approximate surface area is 105 Å². The molecule has 0 radical (unpaired) electrons. The highest BCUT2D eigenvalue weighted by atomic mass is 79.9. The Morgan fingerprint density at radius 2 is 1.94 bits per heavy atom. The summed E-state index contributed by atoms with van der Waals surface area (Å²) in [6.07, 6.45) is 3.89. The number of likely N-dealkylation sites (tertiary alicyclic amines) is 1. The summed E-state index contributed by atoms with van der Waals surface area (Å²) >= 11 is 3.22. The fourth-order valence-electron chi connectivity index (χ4n) is 2.22. The molecule has 0 N–H and O–H groups in total. The zero-order valence-corrected chi connectivity index (χ0v) is 11.2. The molecule has 88 valence electrons. The van der Waals surface area contributed by atoms with Crippen LogP contribution < -0.4 is 0 Å². The van der Waals surface area contributed by atoms with Gasteiger partial charge in [0, 0.05) is 6.54 Å². The molecule has 16 heavy (non-hydrogen) atoms.